The molecule has 3 atom stereocenters. The summed E-state index contributed by atoms with van der Waals surface area (Å²) in [4.78, 5) is 11.0. The fourth-order valence-corrected chi connectivity index (χ4v) is 2.55. The van der Waals surface area contributed by atoms with Gasteiger partial charge in [-0.1, -0.05) is 20.3 Å². The first-order valence-corrected chi connectivity index (χ1v) is 7.11. The molecule has 2 N–H and O–H groups in total. The minimum absolute atomic E-state index is 0.170. The van der Waals surface area contributed by atoms with Crippen molar-refractivity contribution in [2.45, 2.75) is 58.5 Å². The number of ether oxygens (including phenoxy) is 1. The highest BCUT2D eigenvalue weighted by Crippen LogP contribution is 2.25. The van der Waals surface area contributed by atoms with Crippen LogP contribution in [0.3, 0.4) is 0 Å². The Morgan fingerprint density at radius 1 is 1.44 bits per heavy atom. The van der Waals surface area contributed by atoms with Crippen molar-refractivity contribution >= 4 is 5.97 Å². The maximum Gasteiger partial charge on any atom is 0.306 e. The third kappa shape index (κ3) is 4.94. The highest BCUT2D eigenvalue weighted by Gasteiger charge is 2.28. The lowest BCUT2D eigenvalue weighted by Crippen LogP contribution is -2.46. The van der Waals surface area contributed by atoms with E-state index in [0.29, 0.717) is 24.6 Å². The van der Waals surface area contributed by atoms with Gasteiger partial charge in [-0.15, -0.1) is 0 Å². The number of rotatable bonds is 7. The molecule has 1 rings (SSSR count). The molecule has 4 nitrogen and oxygen atoms in total. The number of nitrogens with one attached hydrogen (secondary N) is 1. The molecule has 0 heterocycles. The molecule has 0 aromatic rings. The van der Waals surface area contributed by atoms with Gasteiger partial charge in [0.05, 0.1) is 12.5 Å². The monoisotopic (exact) mass is 257 g/mol. The van der Waals surface area contributed by atoms with Crippen molar-refractivity contribution in [3.05, 3.63) is 0 Å². The van der Waals surface area contributed by atoms with Gasteiger partial charge < -0.3 is 15.2 Å². The van der Waals surface area contributed by atoms with Gasteiger partial charge in [0.25, 0.3) is 0 Å². The molecule has 0 amide bonds. The molecule has 0 radical (unpaired) electrons. The number of hydrogen-bond acceptors (Lipinski definition) is 3. The van der Waals surface area contributed by atoms with E-state index < -0.39 is 5.97 Å². The first kappa shape index (κ1) is 15.4. The Bertz CT molecular complexity index is 255. The summed E-state index contributed by atoms with van der Waals surface area (Å²) in [7, 11) is 0. The molecule has 1 fully saturated rings. The molecule has 0 aromatic heterocycles. The van der Waals surface area contributed by atoms with E-state index in [4.69, 9.17) is 9.84 Å². The second-order valence-corrected chi connectivity index (χ2v) is 5.58. The van der Waals surface area contributed by atoms with Crippen molar-refractivity contribution in [3.63, 3.8) is 0 Å². The molecule has 1 saturated carbocycles. The largest absolute Gasteiger partial charge is 0.481 e. The van der Waals surface area contributed by atoms with E-state index in [1.54, 1.807) is 0 Å². The second kappa shape index (κ2) is 7.74. The van der Waals surface area contributed by atoms with Gasteiger partial charge in [0.2, 0.25) is 0 Å². The summed E-state index contributed by atoms with van der Waals surface area (Å²) in [6.07, 6.45) is 3.67. The molecule has 0 aromatic carbocycles. The van der Waals surface area contributed by atoms with Gasteiger partial charge in [0.1, 0.15) is 0 Å². The standard InChI is InChI=1S/C14H27NO3/c1-4-18-9-13(10(2)3)15-12-7-5-6-11(8-12)14(16)17/h10-13,15H,4-9H2,1-3H3,(H,16,17). The number of hydrogen-bond donors (Lipinski definition) is 2. The molecule has 4 heteroatoms. The molecular formula is C14H27NO3. The normalized spacial score (nSPS) is 26.2. The Morgan fingerprint density at radius 3 is 2.72 bits per heavy atom. The minimum atomic E-state index is -0.646. The van der Waals surface area contributed by atoms with Crippen LogP contribution in [0.5, 0.6) is 0 Å². The predicted molar refractivity (Wildman–Crippen MR) is 71.6 cm³/mol. The molecular weight excluding hydrogens is 230 g/mol. The molecule has 3 unspecified atom stereocenters. The SMILES string of the molecule is CCOCC(NC1CCCC(C(=O)O)C1)C(C)C. The van der Waals surface area contributed by atoms with E-state index >= 15 is 0 Å². The van der Waals surface area contributed by atoms with Crippen molar-refractivity contribution < 1.29 is 14.6 Å². The molecule has 1 aliphatic rings. The maximum atomic E-state index is 11.0. The summed E-state index contributed by atoms with van der Waals surface area (Å²) in [5.74, 6) is -0.315. The van der Waals surface area contributed by atoms with Crippen molar-refractivity contribution in [2.75, 3.05) is 13.2 Å². The Kier molecular flexibility index (Phi) is 6.65. The fourth-order valence-electron chi connectivity index (χ4n) is 2.55. The van der Waals surface area contributed by atoms with Crippen molar-refractivity contribution in [1.82, 2.24) is 5.32 Å². The summed E-state index contributed by atoms with van der Waals surface area (Å²) in [6.45, 7) is 7.79. The summed E-state index contributed by atoms with van der Waals surface area (Å²) in [5, 5.41) is 12.7. The first-order chi connectivity index (χ1) is 8.54. The zero-order valence-corrected chi connectivity index (χ0v) is 11.8. The topological polar surface area (TPSA) is 58.6 Å². The summed E-state index contributed by atoms with van der Waals surface area (Å²) < 4.78 is 5.49. The van der Waals surface area contributed by atoms with Crippen LogP contribution in [0.15, 0.2) is 0 Å². The van der Waals surface area contributed by atoms with Gasteiger partial charge in [-0.25, -0.2) is 0 Å². The van der Waals surface area contributed by atoms with Gasteiger partial charge in [0.15, 0.2) is 0 Å². The number of carboxylic acids is 1. The van der Waals surface area contributed by atoms with Gasteiger partial charge in [0, 0.05) is 18.7 Å². The van der Waals surface area contributed by atoms with Crippen LogP contribution in [0.4, 0.5) is 0 Å². The first-order valence-electron chi connectivity index (χ1n) is 7.11. The highest BCUT2D eigenvalue weighted by atomic mass is 16.5. The summed E-state index contributed by atoms with van der Waals surface area (Å²) in [6, 6.07) is 0.648. The molecule has 106 valence electrons. The van der Waals surface area contributed by atoms with Crippen LogP contribution >= 0.6 is 0 Å². The third-order valence-corrected chi connectivity index (χ3v) is 3.78. The highest BCUT2D eigenvalue weighted by molar-refractivity contribution is 5.70. The van der Waals surface area contributed by atoms with Crippen LogP contribution in [0, 0.1) is 11.8 Å². The van der Waals surface area contributed by atoms with E-state index in [0.717, 1.165) is 32.3 Å². The van der Waals surface area contributed by atoms with Gasteiger partial charge in [-0.3, -0.25) is 4.79 Å². The minimum Gasteiger partial charge on any atom is -0.481 e. The molecule has 0 aliphatic heterocycles. The number of aliphatic carboxylic acids is 1. The molecule has 1 aliphatic carbocycles. The molecule has 0 saturated heterocycles. The van der Waals surface area contributed by atoms with Crippen molar-refractivity contribution in [3.8, 4) is 0 Å². The lowest BCUT2D eigenvalue weighted by molar-refractivity contribution is -0.143. The Balaban J connectivity index is 2.44. The Morgan fingerprint density at radius 2 is 2.17 bits per heavy atom. The maximum absolute atomic E-state index is 11.0. The van der Waals surface area contributed by atoms with E-state index in [2.05, 4.69) is 19.2 Å². The number of carboxylic acid groups (broad SMARTS) is 1. The van der Waals surface area contributed by atoms with Gasteiger partial charge >= 0.3 is 5.97 Å². The van der Waals surface area contributed by atoms with Crippen LogP contribution < -0.4 is 5.32 Å². The summed E-state index contributed by atoms with van der Waals surface area (Å²) in [5.41, 5.74) is 0. The number of carbonyl (C=O) groups is 1. The van der Waals surface area contributed by atoms with Crippen LogP contribution in [-0.2, 0) is 9.53 Å². The summed E-state index contributed by atoms with van der Waals surface area (Å²) >= 11 is 0. The van der Waals surface area contributed by atoms with Crippen molar-refractivity contribution in [2.24, 2.45) is 11.8 Å². The Hall–Kier alpha value is -0.610. The molecule has 0 spiro atoms. The quantitative estimate of drug-likeness (QED) is 0.734. The van der Waals surface area contributed by atoms with E-state index in [1.807, 2.05) is 6.92 Å². The van der Waals surface area contributed by atoms with Crippen LogP contribution in [0.2, 0.25) is 0 Å². The van der Waals surface area contributed by atoms with Crippen LogP contribution in [0.1, 0.15) is 46.5 Å². The van der Waals surface area contributed by atoms with E-state index in [1.165, 1.54) is 0 Å². The third-order valence-electron chi connectivity index (χ3n) is 3.78. The zero-order chi connectivity index (χ0) is 13.5. The van der Waals surface area contributed by atoms with Crippen LogP contribution in [-0.4, -0.2) is 36.4 Å². The van der Waals surface area contributed by atoms with E-state index in [-0.39, 0.29) is 5.92 Å². The average molecular weight is 257 g/mol. The average Bonchev–Trinajstić information content (AvgIpc) is 2.34. The van der Waals surface area contributed by atoms with Crippen molar-refractivity contribution in [1.29, 1.82) is 0 Å². The van der Waals surface area contributed by atoms with Gasteiger partial charge in [-0.2, -0.15) is 0 Å². The molecule has 0 bridgehead atoms. The van der Waals surface area contributed by atoms with E-state index in [9.17, 15) is 4.79 Å². The zero-order valence-electron chi connectivity index (χ0n) is 11.8. The smallest absolute Gasteiger partial charge is 0.306 e. The Labute approximate surface area is 110 Å². The van der Waals surface area contributed by atoms with Gasteiger partial charge in [-0.05, 0) is 32.1 Å². The fraction of sp³-hybridized carbons (Fsp3) is 0.929. The lowest BCUT2D eigenvalue weighted by atomic mass is 9.85. The lowest BCUT2D eigenvalue weighted by Gasteiger charge is -2.32. The molecule has 18 heavy (non-hydrogen) atoms. The second-order valence-electron chi connectivity index (χ2n) is 5.58. The van der Waals surface area contributed by atoms with Crippen LogP contribution in [0.25, 0.3) is 0 Å². The predicted octanol–water partition coefficient (Wildman–Crippen LogP) is 2.28.